The molecule has 1 N–H and O–H groups in total. The maximum absolute atomic E-state index is 9.91. The lowest BCUT2D eigenvalue weighted by Crippen LogP contribution is -2.02. The SMILES string of the molecule is OC(Cc1cc(Br)cs1)c1ccccn1. The van der Waals surface area contributed by atoms with E-state index in [1.807, 2.05) is 29.6 Å². The lowest BCUT2D eigenvalue weighted by molar-refractivity contribution is 0.174. The number of halogens is 1. The Kier molecular flexibility index (Phi) is 3.51. The van der Waals surface area contributed by atoms with Crippen LogP contribution in [-0.4, -0.2) is 10.1 Å². The average molecular weight is 284 g/mol. The first-order valence-corrected chi connectivity index (χ1v) is 6.25. The molecule has 0 aliphatic rings. The van der Waals surface area contributed by atoms with E-state index in [1.54, 1.807) is 17.5 Å². The van der Waals surface area contributed by atoms with Gasteiger partial charge in [0.15, 0.2) is 0 Å². The van der Waals surface area contributed by atoms with Crippen LogP contribution in [0.2, 0.25) is 0 Å². The van der Waals surface area contributed by atoms with Crippen molar-refractivity contribution in [1.29, 1.82) is 0 Å². The Bertz CT molecular complexity index is 429. The Hall–Kier alpha value is -0.710. The molecule has 4 heteroatoms. The number of hydrogen-bond donors (Lipinski definition) is 1. The predicted molar refractivity (Wildman–Crippen MR) is 64.9 cm³/mol. The third kappa shape index (κ3) is 2.87. The second-order valence-corrected chi connectivity index (χ2v) is 5.12. The number of pyridine rings is 1. The van der Waals surface area contributed by atoms with E-state index < -0.39 is 6.10 Å². The van der Waals surface area contributed by atoms with Crippen LogP contribution in [0.4, 0.5) is 0 Å². The topological polar surface area (TPSA) is 33.1 Å². The van der Waals surface area contributed by atoms with Gasteiger partial charge < -0.3 is 5.11 Å². The molecule has 2 rings (SSSR count). The molecule has 0 saturated heterocycles. The largest absolute Gasteiger partial charge is 0.386 e. The molecular weight excluding hydrogens is 274 g/mol. The summed E-state index contributed by atoms with van der Waals surface area (Å²) in [5, 5.41) is 11.9. The van der Waals surface area contributed by atoms with E-state index in [0.29, 0.717) is 6.42 Å². The van der Waals surface area contributed by atoms with Gasteiger partial charge in [0.2, 0.25) is 0 Å². The van der Waals surface area contributed by atoms with Gasteiger partial charge in [-0.05, 0) is 34.1 Å². The Labute approximate surface area is 101 Å². The van der Waals surface area contributed by atoms with E-state index in [4.69, 9.17) is 0 Å². The highest BCUT2D eigenvalue weighted by atomic mass is 79.9. The van der Waals surface area contributed by atoms with Gasteiger partial charge in [0.25, 0.3) is 0 Å². The van der Waals surface area contributed by atoms with Gasteiger partial charge in [0.05, 0.1) is 5.69 Å². The molecule has 0 spiro atoms. The van der Waals surface area contributed by atoms with Crippen LogP contribution in [-0.2, 0) is 6.42 Å². The second kappa shape index (κ2) is 4.88. The van der Waals surface area contributed by atoms with Gasteiger partial charge in [-0.1, -0.05) is 6.07 Å². The maximum atomic E-state index is 9.91. The van der Waals surface area contributed by atoms with E-state index >= 15 is 0 Å². The predicted octanol–water partition coefficient (Wildman–Crippen LogP) is 3.18. The normalized spacial score (nSPS) is 12.7. The molecule has 0 aliphatic carbocycles. The van der Waals surface area contributed by atoms with E-state index in [2.05, 4.69) is 20.9 Å². The summed E-state index contributed by atoms with van der Waals surface area (Å²) < 4.78 is 1.07. The number of nitrogens with zero attached hydrogens (tertiary/aromatic N) is 1. The number of aromatic nitrogens is 1. The standard InChI is InChI=1S/C11H10BrNOS/c12-8-5-9(15-7-8)6-11(14)10-3-1-2-4-13-10/h1-5,7,11,14H,6H2. The summed E-state index contributed by atoms with van der Waals surface area (Å²) in [6, 6.07) is 7.60. The van der Waals surface area contributed by atoms with Gasteiger partial charge >= 0.3 is 0 Å². The van der Waals surface area contributed by atoms with Gasteiger partial charge in [0.1, 0.15) is 6.10 Å². The lowest BCUT2D eigenvalue weighted by Gasteiger charge is -2.07. The summed E-state index contributed by atoms with van der Waals surface area (Å²) in [4.78, 5) is 5.28. The minimum absolute atomic E-state index is 0.517. The molecule has 1 atom stereocenters. The summed E-state index contributed by atoms with van der Waals surface area (Å²) in [5.74, 6) is 0. The van der Waals surface area contributed by atoms with Crippen molar-refractivity contribution < 1.29 is 5.11 Å². The zero-order chi connectivity index (χ0) is 10.7. The molecule has 2 aromatic rings. The number of thiophene rings is 1. The van der Waals surface area contributed by atoms with Crippen LogP contribution in [0.1, 0.15) is 16.7 Å². The lowest BCUT2D eigenvalue weighted by atomic mass is 10.1. The van der Waals surface area contributed by atoms with E-state index in [9.17, 15) is 5.11 Å². The van der Waals surface area contributed by atoms with Crippen molar-refractivity contribution in [1.82, 2.24) is 4.98 Å². The van der Waals surface area contributed by atoms with Gasteiger partial charge in [-0.3, -0.25) is 4.98 Å². The van der Waals surface area contributed by atoms with Gasteiger partial charge in [0, 0.05) is 27.3 Å². The molecule has 1 unspecified atom stereocenters. The van der Waals surface area contributed by atoms with Crippen molar-refractivity contribution in [3.05, 3.63) is 50.9 Å². The molecule has 2 heterocycles. The highest BCUT2D eigenvalue weighted by Crippen LogP contribution is 2.24. The highest BCUT2D eigenvalue weighted by Gasteiger charge is 2.10. The van der Waals surface area contributed by atoms with Gasteiger partial charge in [-0.15, -0.1) is 11.3 Å². The molecule has 0 aliphatic heterocycles. The van der Waals surface area contributed by atoms with Crippen molar-refractivity contribution >= 4 is 27.3 Å². The summed E-state index contributed by atoms with van der Waals surface area (Å²) in [6.45, 7) is 0. The Morgan fingerprint density at radius 2 is 2.33 bits per heavy atom. The molecule has 2 nitrogen and oxygen atoms in total. The van der Waals surface area contributed by atoms with Crippen LogP contribution in [0, 0.1) is 0 Å². The zero-order valence-electron chi connectivity index (χ0n) is 7.93. The van der Waals surface area contributed by atoms with Crippen LogP contribution < -0.4 is 0 Å². The first-order chi connectivity index (χ1) is 7.25. The summed E-state index contributed by atoms with van der Waals surface area (Å²) in [6.07, 6.45) is 1.80. The van der Waals surface area contributed by atoms with Crippen molar-refractivity contribution in [2.45, 2.75) is 12.5 Å². The van der Waals surface area contributed by atoms with Crippen LogP contribution in [0.3, 0.4) is 0 Å². The smallest absolute Gasteiger partial charge is 0.101 e. The number of aliphatic hydroxyl groups excluding tert-OH is 1. The fourth-order valence-corrected chi connectivity index (χ4v) is 2.82. The summed E-state index contributed by atoms with van der Waals surface area (Å²) in [5.41, 5.74) is 0.724. The first kappa shape index (κ1) is 10.8. The third-order valence-corrected chi connectivity index (χ3v) is 3.77. The molecule has 0 bridgehead atoms. The molecule has 2 aromatic heterocycles. The van der Waals surface area contributed by atoms with Crippen molar-refractivity contribution in [2.24, 2.45) is 0 Å². The third-order valence-electron chi connectivity index (χ3n) is 2.05. The highest BCUT2D eigenvalue weighted by molar-refractivity contribution is 9.10. The minimum atomic E-state index is -0.517. The molecule has 0 saturated carbocycles. The van der Waals surface area contributed by atoms with Crippen molar-refractivity contribution in [2.75, 3.05) is 0 Å². The fourth-order valence-electron chi connectivity index (χ4n) is 1.33. The van der Waals surface area contributed by atoms with Crippen LogP contribution in [0.25, 0.3) is 0 Å². The minimum Gasteiger partial charge on any atom is -0.386 e. The summed E-state index contributed by atoms with van der Waals surface area (Å²) in [7, 11) is 0. The second-order valence-electron chi connectivity index (χ2n) is 3.21. The molecule has 0 radical (unpaired) electrons. The molecule has 0 fully saturated rings. The quantitative estimate of drug-likeness (QED) is 0.939. The summed E-state index contributed by atoms with van der Waals surface area (Å²) >= 11 is 5.03. The Morgan fingerprint density at radius 3 is 2.93 bits per heavy atom. The van der Waals surface area contributed by atoms with E-state index in [-0.39, 0.29) is 0 Å². The van der Waals surface area contributed by atoms with Gasteiger partial charge in [-0.25, -0.2) is 0 Å². The van der Waals surface area contributed by atoms with Gasteiger partial charge in [-0.2, -0.15) is 0 Å². The molecule has 78 valence electrons. The fraction of sp³-hybridized carbons (Fsp3) is 0.182. The van der Waals surface area contributed by atoms with E-state index in [0.717, 1.165) is 15.0 Å². The van der Waals surface area contributed by atoms with E-state index in [1.165, 1.54) is 0 Å². The number of aliphatic hydroxyl groups is 1. The molecule has 0 aromatic carbocycles. The zero-order valence-corrected chi connectivity index (χ0v) is 10.3. The number of rotatable bonds is 3. The Morgan fingerprint density at radius 1 is 1.47 bits per heavy atom. The molecular formula is C11H10BrNOS. The van der Waals surface area contributed by atoms with Crippen molar-refractivity contribution in [3.63, 3.8) is 0 Å². The Balaban J connectivity index is 2.07. The molecule has 15 heavy (non-hydrogen) atoms. The first-order valence-electron chi connectivity index (χ1n) is 4.57. The van der Waals surface area contributed by atoms with Crippen LogP contribution in [0.5, 0.6) is 0 Å². The number of hydrogen-bond acceptors (Lipinski definition) is 3. The maximum Gasteiger partial charge on any atom is 0.101 e. The van der Waals surface area contributed by atoms with Crippen LogP contribution >= 0.6 is 27.3 Å². The monoisotopic (exact) mass is 283 g/mol. The molecule has 0 amide bonds. The van der Waals surface area contributed by atoms with Crippen molar-refractivity contribution in [3.8, 4) is 0 Å². The average Bonchev–Trinajstić information content (AvgIpc) is 2.65. The van der Waals surface area contributed by atoms with Crippen LogP contribution in [0.15, 0.2) is 40.3 Å².